The highest BCUT2D eigenvalue weighted by Gasteiger charge is 1.95. The molecule has 1 aromatic rings. The van der Waals surface area contributed by atoms with Gasteiger partial charge in [-0.15, -0.1) is 0 Å². The maximum absolute atomic E-state index is 11.2. The van der Waals surface area contributed by atoms with Crippen LogP contribution in [0.1, 0.15) is 0 Å². The molecule has 0 aliphatic heterocycles. The van der Waals surface area contributed by atoms with Crippen molar-refractivity contribution in [2.24, 2.45) is 0 Å². The first kappa shape index (κ1) is 8.50. The third kappa shape index (κ3) is 2.48. The van der Waals surface area contributed by atoms with Crippen LogP contribution in [0.15, 0.2) is 46.2 Å². The van der Waals surface area contributed by atoms with E-state index >= 15 is 0 Å². The van der Waals surface area contributed by atoms with E-state index in [1.165, 1.54) is 10.9 Å². The molecule has 0 aliphatic rings. The van der Waals surface area contributed by atoms with Gasteiger partial charge >= 0.3 is 0 Å². The third-order valence-electron chi connectivity index (χ3n) is 1.15. The summed E-state index contributed by atoms with van der Waals surface area (Å²) in [5.41, 5.74) is 1.27. The standard InChI is InChI=1S/C8H7ClOS/c9-6-7-11(10)8-4-2-1-3-5-8/h1-7H/b7-6-. The number of hydrogen-bond donors (Lipinski definition) is 0. The van der Waals surface area contributed by atoms with E-state index in [9.17, 15) is 4.21 Å². The van der Waals surface area contributed by atoms with Crippen molar-refractivity contribution in [1.82, 2.24) is 0 Å². The summed E-state index contributed by atoms with van der Waals surface area (Å²) in [5, 5.41) is 1.44. The topological polar surface area (TPSA) is 17.1 Å². The highest BCUT2D eigenvalue weighted by atomic mass is 35.5. The molecule has 0 aromatic heterocycles. The third-order valence-corrected chi connectivity index (χ3v) is 2.55. The molecular formula is C8H7ClOS. The fraction of sp³-hybridized carbons (Fsp3) is 0. The molecule has 1 aromatic carbocycles. The van der Waals surface area contributed by atoms with Crippen molar-refractivity contribution in [2.75, 3.05) is 0 Å². The SMILES string of the molecule is O=S(/C=C\Cl)c1ccccc1. The van der Waals surface area contributed by atoms with Crippen molar-refractivity contribution in [1.29, 1.82) is 0 Å². The van der Waals surface area contributed by atoms with Crippen LogP contribution in [0.2, 0.25) is 0 Å². The number of halogens is 1. The quantitative estimate of drug-likeness (QED) is 0.694. The molecule has 0 aliphatic carbocycles. The molecule has 0 N–H and O–H groups in total. The Hall–Kier alpha value is -0.600. The molecule has 0 spiro atoms. The van der Waals surface area contributed by atoms with Crippen LogP contribution in [0.25, 0.3) is 0 Å². The Morgan fingerprint density at radius 1 is 1.27 bits per heavy atom. The van der Waals surface area contributed by atoms with E-state index in [4.69, 9.17) is 11.6 Å². The van der Waals surface area contributed by atoms with Gasteiger partial charge in [-0.05, 0) is 12.1 Å². The first-order valence-electron chi connectivity index (χ1n) is 3.07. The van der Waals surface area contributed by atoms with Gasteiger partial charge in [0.25, 0.3) is 0 Å². The molecule has 0 amide bonds. The lowest BCUT2D eigenvalue weighted by Crippen LogP contribution is -1.83. The lowest BCUT2D eigenvalue weighted by atomic mass is 10.4. The van der Waals surface area contributed by atoms with Gasteiger partial charge in [-0.2, -0.15) is 0 Å². The van der Waals surface area contributed by atoms with E-state index in [1.54, 1.807) is 12.1 Å². The van der Waals surface area contributed by atoms with Gasteiger partial charge in [-0.3, -0.25) is 0 Å². The van der Waals surface area contributed by atoms with E-state index in [1.807, 2.05) is 18.2 Å². The van der Waals surface area contributed by atoms with Gasteiger partial charge in [0.05, 0.1) is 10.8 Å². The Kier molecular flexibility index (Phi) is 3.33. The molecule has 0 saturated carbocycles. The molecule has 1 atom stereocenters. The Morgan fingerprint density at radius 3 is 2.45 bits per heavy atom. The zero-order chi connectivity index (χ0) is 8.10. The van der Waals surface area contributed by atoms with Crippen LogP contribution < -0.4 is 0 Å². The predicted molar refractivity (Wildman–Crippen MR) is 47.8 cm³/mol. The van der Waals surface area contributed by atoms with Crippen molar-refractivity contribution < 1.29 is 4.21 Å². The summed E-state index contributed by atoms with van der Waals surface area (Å²) >= 11 is 5.27. The zero-order valence-electron chi connectivity index (χ0n) is 5.74. The van der Waals surface area contributed by atoms with Crippen LogP contribution >= 0.6 is 11.6 Å². The highest BCUT2D eigenvalue weighted by molar-refractivity contribution is 7.88. The van der Waals surface area contributed by atoms with Crippen LogP contribution in [0.3, 0.4) is 0 Å². The van der Waals surface area contributed by atoms with E-state index in [0.29, 0.717) is 0 Å². The summed E-state index contributed by atoms with van der Waals surface area (Å²) in [6.07, 6.45) is 0. The monoisotopic (exact) mass is 186 g/mol. The summed E-state index contributed by atoms with van der Waals surface area (Å²) in [7, 11) is -1.10. The van der Waals surface area contributed by atoms with Gasteiger partial charge in [-0.25, -0.2) is 4.21 Å². The molecule has 58 valence electrons. The zero-order valence-corrected chi connectivity index (χ0v) is 7.31. The second-order valence-electron chi connectivity index (χ2n) is 1.87. The number of benzene rings is 1. The average Bonchev–Trinajstić information content (AvgIpc) is 2.07. The van der Waals surface area contributed by atoms with Crippen LogP contribution in [0, 0.1) is 0 Å². The van der Waals surface area contributed by atoms with E-state index < -0.39 is 10.8 Å². The highest BCUT2D eigenvalue weighted by Crippen LogP contribution is 2.06. The van der Waals surface area contributed by atoms with Crippen LogP contribution in [0.5, 0.6) is 0 Å². The first-order valence-corrected chi connectivity index (χ1v) is 4.72. The van der Waals surface area contributed by atoms with Crippen LogP contribution in [-0.2, 0) is 10.8 Å². The molecule has 0 fully saturated rings. The van der Waals surface area contributed by atoms with Gasteiger partial charge in [0, 0.05) is 15.8 Å². The molecular weight excluding hydrogens is 180 g/mol. The van der Waals surface area contributed by atoms with Gasteiger partial charge in [0.2, 0.25) is 0 Å². The summed E-state index contributed by atoms with van der Waals surface area (Å²) in [5.74, 6) is 0. The maximum Gasteiger partial charge on any atom is 0.0784 e. The Morgan fingerprint density at radius 2 is 1.91 bits per heavy atom. The molecule has 11 heavy (non-hydrogen) atoms. The first-order chi connectivity index (χ1) is 5.34. The van der Waals surface area contributed by atoms with Gasteiger partial charge < -0.3 is 0 Å². The van der Waals surface area contributed by atoms with E-state index in [0.717, 1.165) is 4.90 Å². The minimum atomic E-state index is -1.10. The normalized spacial score (nSPS) is 13.5. The van der Waals surface area contributed by atoms with Crippen molar-refractivity contribution >= 4 is 22.4 Å². The van der Waals surface area contributed by atoms with Crippen molar-refractivity contribution in [2.45, 2.75) is 4.90 Å². The number of hydrogen-bond acceptors (Lipinski definition) is 1. The smallest absolute Gasteiger partial charge is 0.0784 e. The lowest BCUT2D eigenvalue weighted by Gasteiger charge is -1.92. The summed E-state index contributed by atoms with van der Waals surface area (Å²) in [6.45, 7) is 0. The molecule has 0 radical (unpaired) electrons. The molecule has 1 rings (SSSR count). The molecule has 1 nitrogen and oxygen atoms in total. The van der Waals surface area contributed by atoms with Crippen LogP contribution in [-0.4, -0.2) is 4.21 Å². The molecule has 3 heteroatoms. The van der Waals surface area contributed by atoms with Gasteiger partial charge in [0.15, 0.2) is 0 Å². The lowest BCUT2D eigenvalue weighted by molar-refractivity contribution is 0.688. The average molecular weight is 187 g/mol. The molecule has 0 saturated heterocycles. The fourth-order valence-electron chi connectivity index (χ4n) is 0.680. The summed E-state index contributed by atoms with van der Waals surface area (Å²) in [6, 6.07) is 9.16. The predicted octanol–water partition coefficient (Wildman–Crippen LogP) is 2.50. The fourth-order valence-corrected chi connectivity index (χ4v) is 1.64. The summed E-state index contributed by atoms with van der Waals surface area (Å²) in [4.78, 5) is 0.768. The minimum absolute atomic E-state index is 0.768. The minimum Gasteiger partial charge on any atom is -0.250 e. The van der Waals surface area contributed by atoms with Gasteiger partial charge in [-0.1, -0.05) is 29.8 Å². The van der Waals surface area contributed by atoms with Crippen molar-refractivity contribution in [3.8, 4) is 0 Å². The second-order valence-corrected chi connectivity index (χ2v) is 3.46. The molecule has 0 heterocycles. The molecule has 0 bridgehead atoms. The Bertz CT molecular complexity index is 269. The van der Waals surface area contributed by atoms with Crippen molar-refractivity contribution in [3.05, 3.63) is 41.3 Å². The largest absolute Gasteiger partial charge is 0.250 e. The van der Waals surface area contributed by atoms with E-state index in [-0.39, 0.29) is 0 Å². The van der Waals surface area contributed by atoms with Gasteiger partial charge in [0.1, 0.15) is 0 Å². The maximum atomic E-state index is 11.2. The summed E-state index contributed by atoms with van der Waals surface area (Å²) < 4.78 is 11.2. The Balaban J connectivity index is 2.86. The number of rotatable bonds is 2. The molecule has 1 unspecified atom stereocenters. The second kappa shape index (κ2) is 4.31. The Labute approximate surface area is 73.1 Å². The van der Waals surface area contributed by atoms with Crippen molar-refractivity contribution in [3.63, 3.8) is 0 Å². The van der Waals surface area contributed by atoms with Crippen LogP contribution in [0.4, 0.5) is 0 Å². The van der Waals surface area contributed by atoms with E-state index in [2.05, 4.69) is 0 Å².